The van der Waals surface area contributed by atoms with E-state index in [1.807, 2.05) is 36.8 Å². The number of pyridine rings is 1. The van der Waals surface area contributed by atoms with Crippen molar-refractivity contribution in [1.29, 1.82) is 0 Å². The van der Waals surface area contributed by atoms with E-state index in [0.29, 0.717) is 0 Å². The second-order valence-corrected chi connectivity index (χ2v) is 8.81. The average molecular weight is 454 g/mol. The Morgan fingerprint density at radius 2 is 1.97 bits per heavy atom. The van der Waals surface area contributed by atoms with E-state index in [9.17, 15) is 10.6 Å². The van der Waals surface area contributed by atoms with Crippen LogP contribution >= 0.6 is 0 Å². The zero-order valence-corrected chi connectivity index (χ0v) is 19.4. The van der Waals surface area contributed by atoms with Crippen LogP contribution in [0.5, 0.6) is 0 Å². The van der Waals surface area contributed by atoms with Crippen LogP contribution < -0.4 is 0 Å². The highest BCUT2D eigenvalue weighted by atomic mass is 16.2. The lowest BCUT2D eigenvalue weighted by atomic mass is 9.84. The highest BCUT2D eigenvalue weighted by molar-refractivity contribution is 6.45. The number of fused-ring (bicyclic) bond motifs is 2. The number of aryl methyl sites for hydroxylation is 1. The van der Waals surface area contributed by atoms with Gasteiger partial charge in [0.1, 0.15) is 6.04 Å². The first-order valence-corrected chi connectivity index (χ1v) is 11.5. The molecular formula is C24H27BN8O. The maximum absolute atomic E-state index is 10.0. The van der Waals surface area contributed by atoms with Crippen LogP contribution in [0.2, 0.25) is 6.82 Å². The first-order chi connectivity index (χ1) is 16.6. The van der Waals surface area contributed by atoms with E-state index < -0.39 is 13.1 Å². The largest absolute Gasteiger partial charge is 0.437 e. The number of rotatable bonds is 5. The molecule has 34 heavy (non-hydrogen) atoms. The number of piperazine rings is 1. The molecule has 1 saturated heterocycles. The number of benzene rings is 1. The summed E-state index contributed by atoms with van der Waals surface area (Å²) < 4.78 is 1.89. The molecule has 0 radical (unpaired) electrons. The Balaban J connectivity index is 1.66. The molecule has 2 aliphatic rings. The van der Waals surface area contributed by atoms with Crippen molar-refractivity contribution >= 4 is 18.7 Å². The summed E-state index contributed by atoms with van der Waals surface area (Å²) >= 11 is 0. The van der Waals surface area contributed by atoms with Crippen LogP contribution in [0.25, 0.3) is 22.1 Å². The molecule has 3 heterocycles. The van der Waals surface area contributed by atoms with Crippen LogP contribution in [0, 0.1) is 0 Å². The predicted octanol–water partition coefficient (Wildman–Crippen LogP) is 3.54. The van der Waals surface area contributed by atoms with Crippen molar-refractivity contribution in [3.05, 3.63) is 93.6 Å². The molecule has 1 aliphatic carbocycles. The lowest BCUT2D eigenvalue weighted by molar-refractivity contribution is 0.144. The van der Waals surface area contributed by atoms with Gasteiger partial charge in [-0.05, 0) is 46.8 Å². The molecule has 1 aliphatic heterocycles. The second-order valence-electron chi connectivity index (χ2n) is 8.81. The molecule has 5 rings (SSSR count). The molecule has 0 amide bonds. The van der Waals surface area contributed by atoms with Gasteiger partial charge in [-0.3, -0.25) is 9.88 Å². The van der Waals surface area contributed by atoms with Crippen LogP contribution in [0.15, 0.2) is 60.2 Å². The van der Waals surface area contributed by atoms with Gasteiger partial charge in [0.05, 0.1) is 23.8 Å². The maximum atomic E-state index is 10.0. The van der Waals surface area contributed by atoms with Gasteiger partial charge in [0.2, 0.25) is 0 Å². The minimum absolute atomic E-state index is 0.0458. The fourth-order valence-electron chi connectivity index (χ4n) is 5.10. The average Bonchev–Trinajstić information content (AvgIpc) is 3.22. The quantitative estimate of drug-likeness (QED) is 0.275. The van der Waals surface area contributed by atoms with Crippen molar-refractivity contribution in [3.8, 4) is 0 Å². The fraction of sp³-hybridized carbons (Fsp3) is 0.333. The van der Waals surface area contributed by atoms with Crippen molar-refractivity contribution in [3.63, 3.8) is 0 Å². The van der Waals surface area contributed by atoms with E-state index in [1.165, 1.54) is 0 Å². The molecule has 1 unspecified atom stereocenters. The third-order valence-electron chi connectivity index (χ3n) is 6.85. The third kappa shape index (κ3) is 4.01. The summed E-state index contributed by atoms with van der Waals surface area (Å²) in [7, 11) is 1.46. The summed E-state index contributed by atoms with van der Waals surface area (Å²) in [5, 5.41) is 14.2. The summed E-state index contributed by atoms with van der Waals surface area (Å²) in [4.78, 5) is 16.8. The SMILES string of the molecule is CB(O)N1CCN([C@H]2c3ccccc3C(C(N=[N+]=[N-])c3cncn3C)=Cc3cccnc32)CC1. The molecule has 0 saturated carbocycles. The monoisotopic (exact) mass is 454 g/mol. The Labute approximate surface area is 199 Å². The molecule has 3 aromatic rings. The summed E-state index contributed by atoms with van der Waals surface area (Å²) in [6, 6.07) is 11.8. The van der Waals surface area contributed by atoms with Gasteiger partial charge in [-0.15, -0.1) is 0 Å². The van der Waals surface area contributed by atoms with E-state index in [4.69, 9.17) is 4.98 Å². The normalized spacial score (nSPS) is 19.3. The molecule has 2 atom stereocenters. The van der Waals surface area contributed by atoms with E-state index in [-0.39, 0.29) is 6.04 Å². The first kappa shape index (κ1) is 22.4. The second kappa shape index (κ2) is 9.44. The minimum Gasteiger partial charge on any atom is -0.437 e. The van der Waals surface area contributed by atoms with Crippen molar-refractivity contribution in [1.82, 2.24) is 24.2 Å². The molecule has 0 spiro atoms. The lowest BCUT2D eigenvalue weighted by Gasteiger charge is -2.40. The molecule has 10 heteroatoms. The van der Waals surface area contributed by atoms with Crippen LogP contribution in [-0.4, -0.2) is 62.5 Å². The van der Waals surface area contributed by atoms with Gasteiger partial charge < -0.3 is 14.4 Å². The molecule has 2 aromatic heterocycles. The highest BCUT2D eigenvalue weighted by Crippen LogP contribution is 2.44. The minimum atomic E-state index is -0.530. The topological polar surface area (TPSA) is 106 Å². The summed E-state index contributed by atoms with van der Waals surface area (Å²) in [5.74, 6) is 0. The van der Waals surface area contributed by atoms with Gasteiger partial charge in [0.25, 0.3) is 0 Å². The highest BCUT2D eigenvalue weighted by Gasteiger charge is 2.35. The Hall–Kier alpha value is -3.43. The number of azide groups is 1. The zero-order valence-electron chi connectivity index (χ0n) is 19.4. The molecule has 0 bridgehead atoms. The van der Waals surface area contributed by atoms with Gasteiger partial charge >= 0.3 is 7.05 Å². The van der Waals surface area contributed by atoms with Gasteiger partial charge in [0.15, 0.2) is 0 Å². The Morgan fingerprint density at radius 1 is 1.18 bits per heavy atom. The predicted molar refractivity (Wildman–Crippen MR) is 132 cm³/mol. The molecule has 1 aromatic carbocycles. The van der Waals surface area contributed by atoms with Crippen molar-refractivity contribution < 1.29 is 5.02 Å². The molecule has 172 valence electrons. The van der Waals surface area contributed by atoms with Crippen LogP contribution in [0.3, 0.4) is 0 Å². The van der Waals surface area contributed by atoms with Crippen molar-refractivity contribution in [2.75, 3.05) is 26.2 Å². The molecule has 1 N–H and O–H groups in total. The van der Waals surface area contributed by atoms with E-state index in [2.05, 4.69) is 55.1 Å². The molecule has 1 fully saturated rings. The Kier molecular flexibility index (Phi) is 6.21. The van der Waals surface area contributed by atoms with E-state index in [1.54, 1.807) is 12.5 Å². The van der Waals surface area contributed by atoms with E-state index >= 15 is 0 Å². The molecule has 9 nitrogen and oxygen atoms in total. The van der Waals surface area contributed by atoms with Crippen LogP contribution in [0.1, 0.15) is 40.2 Å². The number of aromatic nitrogens is 3. The zero-order chi connectivity index (χ0) is 23.7. The lowest BCUT2D eigenvalue weighted by Crippen LogP contribution is -2.52. The van der Waals surface area contributed by atoms with Gasteiger partial charge in [-0.25, -0.2) is 4.98 Å². The summed E-state index contributed by atoms with van der Waals surface area (Å²) in [6.07, 6.45) is 7.42. The smallest absolute Gasteiger partial charge is 0.376 e. The van der Waals surface area contributed by atoms with Gasteiger partial charge in [-0.2, -0.15) is 0 Å². The molecular weight excluding hydrogens is 427 g/mol. The summed E-state index contributed by atoms with van der Waals surface area (Å²) in [6.45, 7) is 5.02. The van der Waals surface area contributed by atoms with Crippen molar-refractivity contribution in [2.45, 2.75) is 18.9 Å². The Morgan fingerprint density at radius 3 is 2.68 bits per heavy atom. The number of hydrogen-bond donors (Lipinski definition) is 1. The van der Waals surface area contributed by atoms with Gasteiger partial charge in [0, 0.05) is 50.5 Å². The fourth-order valence-corrected chi connectivity index (χ4v) is 5.10. The third-order valence-corrected chi connectivity index (χ3v) is 6.85. The van der Waals surface area contributed by atoms with E-state index in [0.717, 1.165) is 59.8 Å². The number of nitrogens with zero attached hydrogens (tertiary/aromatic N) is 8. The summed E-state index contributed by atoms with van der Waals surface area (Å²) in [5.41, 5.74) is 15.4. The van der Waals surface area contributed by atoms with Crippen LogP contribution in [0.4, 0.5) is 0 Å². The number of hydrogen-bond acceptors (Lipinski definition) is 6. The maximum Gasteiger partial charge on any atom is 0.376 e. The van der Waals surface area contributed by atoms with Gasteiger partial charge in [-0.1, -0.05) is 35.4 Å². The van der Waals surface area contributed by atoms with Crippen LogP contribution in [-0.2, 0) is 7.05 Å². The number of imidazole rings is 1. The Bertz CT molecular complexity index is 1260. The first-order valence-electron chi connectivity index (χ1n) is 11.5. The van der Waals surface area contributed by atoms with Crippen molar-refractivity contribution in [2.24, 2.45) is 12.2 Å². The standard InChI is InChI=1S/C24H27BN8O/c1-25(34)33-12-10-32(11-13-33)24-19-8-4-3-7-18(19)20(14-17-6-5-9-28-22(17)24)23(29-30-26)21-15-27-16-31(21)2/h3-9,14-16,23-24,34H,10-13H2,1-2H3/t23?,24-/m0/s1.